The Balaban J connectivity index is 2.36. The number of allylic oxidation sites excluding steroid dienone is 3. The van der Waals surface area contributed by atoms with Gasteiger partial charge in [-0.1, -0.05) is 23.8 Å². The molecule has 2 aliphatic rings. The van der Waals surface area contributed by atoms with Gasteiger partial charge in [-0.2, -0.15) is 0 Å². The van der Waals surface area contributed by atoms with Crippen molar-refractivity contribution in [3.8, 4) is 0 Å². The molecule has 2 atom stereocenters. The summed E-state index contributed by atoms with van der Waals surface area (Å²) in [5, 5.41) is 0. The Hall–Kier alpha value is -1.64. The summed E-state index contributed by atoms with van der Waals surface area (Å²) in [5.41, 5.74) is 2.49. The topological polar surface area (TPSA) is 43.4 Å². The van der Waals surface area contributed by atoms with Crippen LogP contribution >= 0.6 is 0 Å². The summed E-state index contributed by atoms with van der Waals surface area (Å²) in [4.78, 5) is 23.8. The summed E-state index contributed by atoms with van der Waals surface area (Å²) >= 11 is 0. The van der Waals surface area contributed by atoms with Gasteiger partial charge >= 0.3 is 5.97 Å². The van der Waals surface area contributed by atoms with Gasteiger partial charge in [-0.05, 0) is 32.8 Å². The number of esters is 1. The van der Waals surface area contributed by atoms with E-state index in [-0.39, 0.29) is 5.78 Å². The minimum Gasteiger partial charge on any atom is -0.454 e. The zero-order chi connectivity index (χ0) is 13.3. The second kappa shape index (κ2) is 4.92. The van der Waals surface area contributed by atoms with Crippen molar-refractivity contribution in [1.82, 2.24) is 0 Å². The number of hydrogen-bond acceptors (Lipinski definition) is 3. The fraction of sp³-hybridized carbons (Fsp3) is 0.467. The van der Waals surface area contributed by atoms with Crippen LogP contribution in [-0.2, 0) is 14.3 Å². The highest BCUT2D eigenvalue weighted by molar-refractivity contribution is 6.01. The number of Topliss-reactive ketones (excluding diaryl/α,β-unsaturated/α-hetero) is 1. The third kappa shape index (κ3) is 2.45. The fourth-order valence-corrected chi connectivity index (χ4v) is 2.47. The summed E-state index contributed by atoms with van der Waals surface area (Å²) in [5.74, 6) is -0.923. The smallest absolute Gasteiger partial charge is 0.334 e. The van der Waals surface area contributed by atoms with E-state index in [4.69, 9.17) is 4.74 Å². The first-order valence-electron chi connectivity index (χ1n) is 6.24. The van der Waals surface area contributed by atoms with Gasteiger partial charge in [-0.3, -0.25) is 4.79 Å². The second-order valence-electron chi connectivity index (χ2n) is 5.12. The Morgan fingerprint density at radius 2 is 2.00 bits per heavy atom. The molecule has 0 N–H and O–H groups in total. The summed E-state index contributed by atoms with van der Waals surface area (Å²) in [6, 6.07) is 0. The number of carbonyl (C=O) groups is 2. The molecule has 0 spiro atoms. The van der Waals surface area contributed by atoms with Crippen molar-refractivity contribution in [3.63, 3.8) is 0 Å². The highest BCUT2D eigenvalue weighted by atomic mass is 16.6. The monoisotopic (exact) mass is 246 g/mol. The summed E-state index contributed by atoms with van der Waals surface area (Å²) in [7, 11) is 0. The Labute approximate surface area is 107 Å². The molecule has 2 unspecified atom stereocenters. The zero-order valence-corrected chi connectivity index (χ0v) is 10.9. The van der Waals surface area contributed by atoms with Gasteiger partial charge in [0.1, 0.15) is 11.9 Å². The summed E-state index contributed by atoms with van der Waals surface area (Å²) < 4.78 is 5.23. The van der Waals surface area contributed by atoms with Crippen LogP contribution in [0.15, 0.2) is 35.5 Å². The normalized spacial score (nSPS) is 29.3. The molecule has 1 fully saturated rings. The molecule has 1 aliphatic heterocycles. The fourth-order valence-electron chi connectivity index (χ4n) is 2.47. The number of fused-ring (bicyclic) bond motifs is 1. The van der Waals surface area contributed by atoms with E-state index in [1.807, 2.05) is 19.9 Å². The first kappa shape index (κ1) is 12.8. The lowest BCUT2D eigenvalue weighted by Crippen LogP contribution is -2.24. The lowest BCUT2D eigenvalue weighted by Gasteiger charge is -2.16. The van der Waals surface area contributed by atoms with Crippen molar-refractivity contribution < 1.29 is 14.3 Å². The van der Waals surface area contributed by atoms with Crippen LogP contribution in [-0.4, -0.2) is 17.9 Å². The van der Waals surface area contributed by atoms with Crippen molar-refractivity contribution >= 4 is 11.8 Å². The number of carbonyl (C=O) groups excluding carboxylic acids is 2. The quantitative estimate of drug-likeness (QED) is 0.375. The maximum atomic E-state index is 12.2. The molecule has 0 aromatic carbocycles. The van der Waals surface area contributed by atoms with Crippen molar-refractivity contribution in [2.24, 2.45) is 5.92 Å². The predicted molar refractivity (Wildman–Crippen MR) is 68.9 cm³/mol. The Morgan fingerprint density at radius 3 is 2.72 bits per heavy atom. The molecule has 0 saturated carbocycles. The van der Waals surface area contributed by atoms with Crippen LogP contribution in [0.2, 0.25) is 0 Å². The molecule has 0 bridgehead atoms. The Morgan fingerprint density at radius 1 is 1.28 bits per heavy atom. The molecule has 96 valence electrons. The first-order valence-corrected chi connectivity index (χ1v) is 6.24. The van der Waals surface area contributed by atoms with Crippen molar-refractivity contribution in [2.45, 2.75) is 39.2 Å². The van der Waals surface area contributed by atoms with Crippen LogP contribution in [0.25, 0.3) is 0 Å². The molecule has 1 saturated heterocycles. The van der Waals surface area contributed by atoms with Gasteiger partial charge < -0.3 is 4.74 Å². The average Bonchev–Trinajstić information content (AvgIpc) is 2.53. The van der Waals surface area contributed by atoms with Crippen LogP contribution in [0.3, 0.4) is 0 Å². The Kier molecular flexibility index (Phi) is 3.50. The van der Waals surface area contributed by atoms with E-state index >= 15 is 0 Å². The van der Waals surface area contributed by atoms with Crippen LogP contribution in [0.1, 0.15) is 33.1 Å². The third-order valence-corrected chi connectivity index (χ3v) is 3.49. The summed E-state index contributed by atoms with van der Waals surface area (Å²) in [6.45, 7) is 7.66. The first-order chi connectivity index (χ1) is 8.49. The van der Waals surface area contributed by atoms with Gasteiger partial charge in [-0.25, -0.2) is 4.79 Å². The van der Waals surface area contributed by atoms with E-state index in [0.29, 0.717) is 12.0 Å². The molecule has 3 heteroatoms. The Bertz CT molecular complexity index is 468. The van der Waals surface area contributed by atoms with Gasteiger partial charge in [0.05, 0.1) is 5.92 Å². The molecular weight excluding hydrogens is 228 g/mol. The van der Waals surface area contributed by atoms with E-state index in [9.17, 15) is 9.59 Å². The van der Waals surface area contributed by atoms with E-state index in [0.717, 1.165) is 24.0 Å². The predicted octanol–water partition coefficient (Wildman–Crippen LogP) is 2.73. The molecular formula is C15H18O3. The number of hydrogen-bond donors (Lipinski definition) is 0. The van der Waals surface area contributed by atoms with Gasteiger partial charge in [0.25, 0.3) is 0 Å². The van der Waals surface area contributed by atoms with Crippen LogP contribution in [0.4, 0.5) is 0 Å². The van der Waals surface area contributed by atoms with Crippen LogP contribution < -0.4 is 0 Å². The minimum absolute atomic E-state index is 0.0237. The highest BCUT2D eigenvalue weighted by Gasteiger charge is 2.41. The standard InChI is InChI=1S/C15H18O3/c1-9-5-4-6-10(2)8-13-14(12(16)7-9)11(3)15(17)18-13/h5,8,13-14H,3-4,6-7H2,1-2H3. The zero-order valence-electron chi connectivity index (χ0n) is 10.9. The molecule has 2 rings (SSSR count). The minimum atomic E-state index is -0.506. The SMILES string of the molecule is C=C1C(=O)OC2C=C(C)CCC=C(C)CC(=O)C12. The average molecular weight is 246 g/mol. The molecule has 0 radical (unpaired) electrons. The van der Waals surface area contributed by atoms with Crippen molar-refractivity contribution in [2.75, 3.05) is 0 Å². The van der Waals surface area contributed by atoms with Gasteiger partial charge in [0, 0.05) is 12.0 Å². The van der Waals surface area contributed by atoms with Crippen molar-refractivity contribution in [1.29, 1.82) is 0 Å². The largest absolute Gasteiger partial charge is 0.454 e. The highest BCUT2D eigenvalue weighted by Crippen LogP contribution is 2.32. The molecule has 0 aromatic heterocycles. The molecule has 1 aliphatic carbocycles. The van der Waals surface area contributed by atoms with Crippen LogP contribution in [0, 0.1) is 5.92 Å². The van der Waals surface area contributed by atoms with Gasteiger partial charge in [0.15, 0.2) is 0 Å². The molecule has 1 heterocycles. The van der Waals surface area contributed by atoms with E-state index in [2.05, 4.69) is 12.7 Å². The molecule has 0 aromatic rings. The number of rotatable bonds is 0. The maximum absolute atomic E-state index is 12.2. The summed E-state index contributed by atoms with van der Waals surface area (Å²) in [6.07, 6.45) is 5.77. The molecule has 3 nitrogen and oxygen atoms in total. The van der Waals surface area contributed by atoms with E-state index < -0.39 is 18.0 Å². The number of ether oxygens (including phenoxy) is 1. The van der Waals surface area contributed by atoms with Gasteiger partial charge in [0.2, 0.25) is 0 Å². The molecule has 18 heavy (non-hydrogen) atoms. The maximum Gasteiger partial charge on any atom is 0.334 e. The van der Waals surface area contributed by atoms with Crippen LogP contribution in [0.5, 0.6) is 0 Å². The van der Waals surface area contributed by atoms with Crippen molar-refractivity contribution in [3.05, 3.63) is 35.5 Å². The third-order valence-electron chi connectivity index (χ3n) is 3.49. The lowest BCUT2D eigenvalue weighted by molar-refractivity contribution is -0.137. The second-order valence-corrected chi connectivity index (χ2v) is 5.12. The van der Waals surface area contributed by atoms with Gasteiger partial charge in [-0.15, -0.1) is 0 Å². The molecule has 0 amide bonds. The lowest BCUT2D eigenvalue weighted by atomic mass is 9.87. The number of ketones is 1. The van der Waals surface area contributed by atoms with E-state index in [1.165, 1.54) is 0 Å². The van der Waals surface area contributed by atoms with E-state index in [1.54, 1.807) is 0 Å².